The van der Waals surface area contributed by atoms with Crippen molar-refractivity contribution >= 4 is 11.8 Å². The second-order valence-corrected chi connectivity index (χ2v) is 9.86. The largest absolute Gasteiger partial charge is 0.340 e. The van der Waals surface area contributed by atoms with Crippen molar-refractivity contribution in [1.29, 1.82) is 0 Å². The van der Waals surface area contributed by atoms with E-state index in [4.69, 9.17) is 0 Å². The van der Waals surface area contributed by atoms with Crippen molar-refractivity contribution in [2.45, 2.75) is 66.3 Å². The maximum absolute atomic E-state index is 13.2. The zero-order chi connectivity index (χ0) is 22.9. The topological polar surface area (TPSA) is 43.9 Å². The fourth-order valence-electron chi connectivity index (χ4n) is 3.83. The summed E-state index contributed by atoms with van der Waals surface area (Å²) in [6.07, 6.45) is 4.18. The first-order valence-corrected chi connectivity index (χ1v) is 11.7. The number of amides is 2. The molecule has 0 unspecified atom stereocenters. The second kappa shape index (κ2) is 12.2. The second-order valence-electron chi connectivity index (χ2n) is 9.86. The Hall–Kier alpha value is -1.95. The van der Waals surface area contributed by atoms with E-state index in [1.165, 1.54) is 12.1 Å². The third-order valence-corrected chi connectivity index (χ3v) is 5.73. The minimum absolute atomic E-state index is 0.00715. The number of carbonyl (C=O) groups excluding carboxylic acids is 2. The number of halogens is 1. The number of benzene rings is 1. The molecule has 2 rings (SSSR count). The molecule has 0 bridgehead atoms. The van der Waals surface area contributed by atoms with Crippen LogP contribution in [0.2, 0.25) is 0 Å². The minimum Gasteiger partial charge on any atom is -0.340 e. The van der Waals surface area contributed by atoms with Crippen LogP contribution in [0, 0.1) is 11.2 Å². The Labute approximate surface area is 187 Å². The van der Waals surface area contributed by atoms with Gasteiger partial charge in [0.2, 0.25) is 11.8 Å². The molecule has 1 aliphatic rings. The number of hydrogen-bond donors (Lipinski definition) is 0. The molecular weight excluding hydrogens is 393 g/mol. The van der Waals surface area contributed by atoms with Crippen LogP contribution in [0.1, 0.15) is 65.4 Å². The number of hydrogen-bond acceptors (Lipinski definition) is 3. The number of piperazine rings is 1. The summed E-state index contributed by atoms with van der Waals surface area (Å²) in [4.78, 5) is 31.5. The van der Waals surface area contributed by atoms with E-state index in [0.29, 0.717) is 25.9 Å². The van der Waals surface area contributed by atoms with E-state index in [-0.39, 0.29) is 23.0 Å². The van der Waals surface area contributed by atoms with Gasteiger partial charge in [0, 0.05) is 58.7 Å². The van der Waals surface area contributed by atoms with Crippen LogP contribution in [0.4, 0.5) is 4.39 Å². The van der Waals surface area contributed by atoms with Gasteiger partial charge in [-0.1, -0.05) is 52.7 Å². The Balaban J connectivity index is 1.87. The summed E-state index contributed by atoms with van der Waals surface area (Å²) in [6.45, 7) is 13.5. The molecule has 31 heavy (non-hydrogen) atoms. The summed E-state index contributed by atoms with van der Waals surface area (Å²) in [5.74, 6) is 0.136. The molecule has 0 aromatic heterocycles. The summed E-state index contributed by atoms with van der Waals surface area (Å²) in [7, 11) is 0. The van der Waals surface area contributed by atoms with E-state index in [1.807, 2.05) is 9.80 Å². The number of nitrogens with zero attached hydrogens (tertiary/aromatic N) is 3. The molecule has 174 valence electrons. The molecule has 5 nitrogen and oxygen atoms in total. The van der Waals surface area contributed by atoms with Crippen molar-refractivity contribution in [2.24, 2.45) is 5.41 Å². The first kappa shape index (κ1) is 25.3. The average Bonchev–Trinajstić information content (AvgIpc) is 2.71. The van der Waals surface area contributed by atoms with Gasteiger partial charge in [-0.25, -0.2) is 4.39 Å². The van der Waals surface area contributed by atoms with Crippen molar-refractivity contribution in [3.8, 4) is 0 Å². The standard InChI is InChI=1S/C25H40FN3O2/c1-5-6-7-8-23(30)29(20-21-9-11-22(26)12-10-21)18-15-27-13-16-28(17-14-27)24(31)19-25(2,3)4/h9-12H,5-8,13-20H2,1-4H3. The predicted octanol–water partition coefficient (Wildman–Crippen LogP) is 4.32. The predicted molar refractivity (Wildman–Crippen MR) is 123 cm³/mol. The van der Waals surface area contributed by atoms with Crippen molar-refractivity contribution in [2.75, 3.05) is 39.3 Å². The zero-order valence-electron chi connectivity index (χ0n) is 19.8. The maximum Gasteiger partial charge on any atom is 0.223 e. The Morgan fingerprint density at radius 1 is 1.03 bits per heavy atom. The van der Waals surface area contributed by atoms with Gasteiger partial charge in [-0.05, 0) is 29.5 Å². The average molecular weight is 434 g/mol. The monoisotopic (exact) mass is 433 g/mol. The Kier molecular flexibility index (Phi) is 9.94. The number of carbonyl (C=O) groups is 2. The Morgan fingerprint density at radius 3 is 2.26 bits per heavy atom. The number of rotatable bonds is 10. The summed E-state index contributed by atoms with van der Waals surface area (Å²) >= 11 is 0. The van der Waals surface area contributed by atoms with Gasteiger partial charge in [0.25, 0.3) is 0 Å². The third-order valence-electron chi connectivity index (χ3n) is 5.73. The van der Waals surface area contributed by atoms with E-state index < -0.39 is 0 Å². The van der Waals surface area contributed by atoms with Crippen LogP contribution in [-0.4, -0.2) is 65.8 Å². The molecule has 1 aromatic carbocycles. The van der Waals surface area contributed by atoms with Crippen LogP contribution in [0.3, 0.4) is 0 Å². The Morgan fingerprint density at radius 2 is 1.68 bits per heavy atom. The van der Waals surface area contributed by atoms with Crippen LogP contribution < -0.4 is 0 Å². The highest BCUT2D eigenvalue weighted by atomic mass is 19.1. The molecule has 0 atom stereocenters. The molecule has 0 radical (unpaired) electrons. The van der Waals surface area contributed by atoms with Gasteiger partial charge < -0.3 is 9.80 Å². The first-order valence-electron chi connectivity index (χ1n) is 11.7. The molecule has 0 N–H and O–H groups in total. The fraction of sp³-hybridized carbons (Fsp3) is 0.680. The molecule has 1 fully saturated rings. The number of unbranched alkanes of at least 4 members (excludes halogenated alkanes) is 2. The summed E-state index contributed by atoms with van der Waals surface area (Å²) in [5.41, 5.74) is 0.954. The van der Waals surface area contributed by atoms with Crippen LogP contribution in [0.15, 0.2) is 24.3 Å². The van der Waals surface area contributed by atoms with E-state index >= 15 is 0 Å². The third kappa shape index (κ3) is 9.38. The minimum atomic E-state index is -0.261. The van der Waals surface area contributed by atoms with Crippen molar-refractivity contribution in [1.82, 2.24) is 14.7 Å². The maximum atomic E-state index is 13.2. The Bertz CT molecular complexity index is 692. The lowest BCUT2D eigenvalue weighted by Gasteiger charge is -2.37. The summed E-state index contributed by atoms with van der Waals surface area (Å²) in [6, 6.07) is 6.40. The van der Waals surface area contributed by atoms with Gasteiger partial charge in [0.1, 0.15) is 5.82 Å². The molecule has 2 amide bonds. The van der Waals surface area contributed by atoms with Crippen LogP contribution in [0.25, 0.3) is 0 Å². The SMILES string of the molecule is CCCCCC(=O)N(CCN1CCN(C(=O)CC(C)(C)C)CC1)Cc1ccc(F)cc1. The molecule has 1 aliphatic heterocycles. The van der Waals surface area contributed by atoms with E-state index in [9.17, 15) is 14.0 Å². The molecule has 0 aliphatic carbocycles. The van der Waals surface area contributed by atoms with Gasteiger partial charge in [0.05, 0.1) is 0 Å². The summed E-state index contributed by atoms with van der Waals surface area (Å²) in [5, 5.41) is 0. The van der Waals surface area contributed by atoms with Gasteiger partial charge >= 0.3 is 0 Å². The van der Waals surface area contributed by atoms with Crippen molar-refractivity contribution < 1.29 is 14.0 Å². The van der Waals surface area contributed by atoms with Crippen molar-refractivity contribution in [3.05, 3.63) is 35.6 Å². The van der Waals surface area contributed by atoms with E-state index in [0.717, 1.165) is 57.5 Å². The fourth-order valence-corrected chi connectivity index (χ4v) is 3.83. The summed E-state index contributed by atoms with van der Waals surface area (Å²) < 4.78 is 13.2. The smallest absolute Gasteiger partial charge is 0.223 e. The van der Waals surface area contributed by atoms with Gasteiger partial charge in [0.15, 0.2) is 0 Å². The van der Waals surface area contributed by atoms with Crippen LogP contribution >= 0.6 is 0 Å². The molecule has 6 heteroatoms. The van der Waals surface area contributed by atoms with Crippen molar-refractivity contribution in [3.63, 3.8) is 0 Å². The molecular formula is C25H40FN3O2. The quantitative estimate of drug-likeness (QED) is 0.516. The van der Waals surface area contributed by atoms with Gasteiger partial charge in [-0.15, -0.1) is 0 Å². The first-order chi connectivity index (χ1) is 14.7. The van der Waals surface area contributed by atoms with E-state index in [2.05, 4.69) is 32.6 Å². The highest BCUT2D eigenvalue weighted by Crippen LogP contribution is 2.20. The molecule has 1 aromatic rings. The van der Waals surface area contributed by atoms with Crippen LogP contribution in [-0.2, 0) is 16.1 Å². The normalized spacial score (nSPS) is 15.2. The lowest BCUT2D eigenvalue weighted by molar-refractivity contribution is -0.134. The lowest BCUT2D eigenvalue weighted by atomic mass is 9.91. The van der Waals surface area contributed by atoms with Gasteiger partial charge in [-0.3, -0.25) is 14.5 Å². The highest BCUT2D eigenvalue weighted by molar-refractivity contribution is 5.77. The zero-order valence-corrected chi connectivity index (χ0v) is 19.8. The van der Waals surface area contributed by atoms with Gasteiger partial charge in [-0.2, -0.15) is 0 Å². The molecule has 0 saturated carbocycles. The van der Waals surface area contributed by atoms with Crippen LogP contribution in [0.5, 0.6) is 0 Å². The molecule has 1 saturated heterocycles. The lowest BCUT2D eigenvalue weighted by Crippen LogP contribution is -2.51. The van der Waals surface area contributed by atoms with E-state index in [1.54, 1.807) is 12.1 Å². The highest BCUT2D eigenvalue weighted by Gasteiger charge is 2.25. The molecule has 0 spiro atoms. The molecule has 1 heterocycles.